The third kappa shape index (κ3) is 4.79. The van der Waals surface area contributed by atoms with Gasteiger partial charge in [0, 0.05) is 24.4 Å². The molecule has 0 bridgehead atoms. The summed E-state index contributed by atoms with van der Waals surface area (Å²) in [6.07, 6.45) is 0.677. The van der Waals surface area contributed by atoms with Crippen molar-refractivity contribution in [2.75, 3.05) is 25.5 Å². The standard InChI is InChI=1S/C17H23N3O4/c1-12(15(21)19-17(23)24-2)20-10-8-13(9-11-20)16(22)18-14-6-4-3-5-7-14/h3-7,12-13H,8-11H2,1-2H3,(H,18,22)(H,19,21,23)/p+1/t12-/m1/s1. The average Bonchev–Trinajstić information content (AvgIpc) is 2.61. The first-order chi connectivity index (χ1) is 11.5. The number of amides is 3. The van der Waals surface area contributed by atoms with Gasteiger partial charge in [-0.1, -0.05) is 18.2 Å². The van der Waals surface area contributed by atoms with E-state index in [-0.39, 0.29) is 23.8 Å². The van der Waals surface area contributed by atoms with Crippen LogP contribution in [0, 0.1) is 5.92 Å². The Morgan fingerprint density at radius 3 is 2.38 bits per heavy atom. The SMILES string of the molecule is COC(=O)NC(=O)[C@@H](C)[NH+]1CCC(C(=O)Nc2ccccc2)CC1. The molecule has 1 aliphatic heterocycles. The minimum atomic E-state index is -0.747. The Labute approximate surface area is 141 Å². The monoisotopic (exact) mass is 334 g/mol. The molecular weight excluding hydrogens is 310 g/mol. The number of rotatable bonds is 4. The van der Waals surface area contributed by atoms with Crippen LogP contribution in [0.4, 0.5) is 10.5 Å². The van der Waals surface area contributed by atoms with E-state index in [4.69, 9.17) is 0 Å². The number of anilines is 1. The highest BCUT2D eigenvalue weighted by Gasteiger charge is 2.33. The third-order valence-electron chi connectivity index (χ3n) is 4.46. The van der Waals surface area contributed by atoms with Gasteiger partial charge in [-0.15, -0.1) is 0 Å². The van der Waals surface area contributed by atoms with E-state index in [1.54, 1.807) is 6.92 Å². The highest BCUT2D eigenvalue weighted by Crippen LogP contribution is 2.14. The number of hydrogen-bond acceptors (Lipinski definition) is 4. The van der Waals surface area contributed by atoms with Gasteiger partial charge < -0.3 is 15.0 Å². The molecule has 1 atom stereocenters. The van der Waals surface area contributed by atoms with Crippen molar-refractivity contribution in [3.63, 3.8) is 0 Å². The number of methoxy groups -OCH3 is 1. The fourth-order valence-electron chi connectivity index (χ4n) is 2.89. The number of para-hydroxylation sites is 1. The molecule has 0 radical (unpaired) electrons. The molecule has 3 N–H and O–H groups in total. The quantitative estimate of drug-likeness (QED) is 0.733. The van der Waals surface area contributed by atoms with E-state index >= 15 is 0 Å². The zero-order chi connectivity index (χ0) is 17.5. The Morgan fingerprint density at radius 1 is 1.17 bits per heavy atom. The van der Waals surface area contributed by atoms with Crippen LogP contribution < -0.4 is 15.5 Å². The molecule has 1 aromatic carbocycles. The van der Waals surface area contributed by atoms with Crippen LogP contribution in [0.15, 0.2) is 30.3 Å². The summed E-state index contributed by atoms with van der Waals surface area (Å²) in [5, 5.41) is 5.12. The Bertz CT molecular complexity index is 583. The number of likely N-dealkylation sites (tertiary alicyclic amines) is 1. The second-order valence-corrected chi connectivity index (χ2v) is 5.99. The summed E-state index contributed by atoms with van der Waals surface area (Å²) < 4.78 is 4.43. The molecule has 0 saturated carbocycles. The highest BCUT2D eigenvalue weighted by molar-refractivity contribution is 5.94. The highest BCUT2D eigenvalue weighted by atomic mass is 16.5. The Morgan fingerprint density at radius 2 is 1.79 bits per heavy atom. The van der Waals surface area contributed by atoms with Crippen molar-refractivity contribution in [1.82, 2.24) is 5.32 Å². The molecule has 1 saturated heterocycles. The summed E-state index contributed by atoms with van der Waals surface area (Å²) in [6, 6.07) is 9.02. The number of hydrogen-bond donors (Lipinski definition) is 3. The first-order valence-corrected chi connectivity index (χ1v) is 8.10. The van der Waals surface area contributed by atoms with Crippen LogP contribution in [0.1, 0.15) is 19.8 Å². The number of quaternary nitrogens is 1. The van der Waals surface area contributed by atoms with Crippen molar-refractivity contribution in [3.05, 3.63) is 30.3 Å². The number of alkyl carbamates (subject to hydrolysis) is 1. The van der Waals surface area contributed by atoms with Crippen molar-refractivity contribution < 1.29 is 24.0 Å². The van der Waals surface area contributed by atoms with Crippen molar-refractivity contribution >= 4 is 23.6 Å². The molecule has 7 nitrogen and oxygen atoms in total. The van der Waals surface area contributed by atoms with Crippen LogP contribution in [-0.2, 0) is 14.3 Å². The Hall–Kier alpha value is -2.41. The fraction of sp³-hybridized carbons (Fsp3) is 0.471. The van der Waals surface area contributed by atoms with Crippen LogP contribution in [0.25, 0.3) is 0 Å². The molecule has 1 aromatic rings. The van der Waals surface area contributed by atoms with Gasteiger partial charge in [-0.3, -0.25) is 14.9 Å². The molecule has 3 amide bonds. The van der Waals surface area contributed by atoms with E-state index < -0.39 is 6.09 Å². The fourth-order valence-corrected chi connectivity index (χ4v) is 2.89. The molecule has 7 heteroatoms. The van der Waals surface area contributed by atoms with Gasteiger partial charge in [-0.25, -0.2) is 4.79 Å². The van der Waals surface area contributed by atoms with E-state index in [9.17, 15) is 14.4 Å². The van der Waals surface area contributed by atoms with E-state index in [1.807, 2.05) is 30.3 Å². The van der Waals surface area contributed by atoms with Gasteiger partial charge in [0.25, 0.3) is 5.91 Å². The van der Waals surface area contributed by atoms with Crippen LogP contribution in [-0.4, -0.2) is 44.1 Å². The smallest absolute Gasteiger partial charge is 0.413 e. The molecule has 1 heterocycles. The first kappa shape index (κ1) is 17.9. The summed E-state index contributed by atoms with van der Waals surface area (Å²) in [5.74, 6) is -0.388. The number of ether oxygens (including phenoxy) is 1. The number of nitrogens with one attached hydrogen (secondary N) is 3. The van der Waals surface area contributed by atoms with Crippen LogP contribution in [0.3, 0.4) is 0 Å². The van der Waals surface area contributed by atoms with Gasteiger partial charge in [0.05, 0.1) is 20.2 Å². The third-order valence-corrected chi connectivity index (χ3v) is 4.46. The molecule has 1 aliphatic rings. The van der Waals surface area contributed by atoms with Gasteiger partial charge in [0.1, 0.15) is 0 Å². The van der Waals surface area contributed by atoms with Gasteiger partial charge in [-0.05, 0) is 19.1 Å². The maximum Gasteiger partial charge on any atom is 0.413 e. The van der Waals surface area contributed by atoms with Crippen LogP contribution in [0.5, 0.6) is 0 Å². The zero-order valence-corrected chi connectivity index (χ0v) is 14.0. The zero-order valence-electron chi connectivity index (χ0n) is 14.0. The normalized spacial score (nSPS) is 21.4. The number of carbonyl (C=O) groups excluding carboxylic acids is 3. The van der Waals surface area contributed by atoms with Gasteiger partial charge in [0.2, 0.25) is 5.91 Å². The largest absolute Gasteiger partial charge is 0.453 e. The van der Waals surface area contributed by atoms with Crippen LogP contribution >= 0.6 is 0 Å². The lowest BCUT2D eigenvalue weighted by Crippen LogP contribution is -3.17. The van der Waals surface area contributed by atoms with Crippen molar-refractivity contribution in [2.45, 2.75) is 25.8 Å². The molecule has 0 aromatic heterocycles. The maximum atomic E-state index is 12.3. The Kier molecular flexibility index (Phi) is 6.31. The van der Waals surface area contributed by atoms with Gasteiger partial charge in [-0.2, -0.15) is 0 Å². The summed E-state index contributed by atoms with van der Waals surface area (Å²) in [5.41, 5.74) is 0.795. The first-order valence-electron chi connectivity index (χ1n) is 8.10. The lowest BCUT2D eigenvalue weighted by Gasteiger charge is -2.31. The molecular formula is C17H24N3O4+. The van der Waals surface area contributed by atoms with Crippen molar-refractivity contribution in [3.8, 4) is 0 Å². The predicted molar refractivity (Wildman–Crippen MR) is 88.5 cm³/mol. The lowest BCUT2D eigenvalue weighted by molar-refractivity contribution is -0.919. The Balaban J connectivity index is 1.81. The summed E-state index contributed by atoms with van der Waals surface area (Å²) >= 11 is 0. The maximum absolute atomic E-state index is 12.3. The molecule has 0 aliphatic carbocycles. The number of piperidine rings is 1. The van der Waals surface area contributed by atoms with Gasteiger partial charge >= 0.3 is 6.09 Å². The van der Waals surface area contributed by atoms with Crippen molar-refractivity contribution in [2.24, 2.45) is 5.92 Å². The second-order valence-electron chi connectivity index (χ2n) is 5.99. The topological polar surface area (TPSA) is 88.9 Å². The molecule has 130 valence electrons. The second kappa shape index (κ2) is 8.44. The van der Waals surface area contributed by atoms with E-state index in [1.165, 1.54) is 7.11 Å². The average molecular weight is 334 g/mol. The lowest BCUT2D eigenvalue weighted by atomic mass is 9.94. The molecule has 0 spiro atoms. The minimum Gasteiger partial charge on any atom is -0.453 e. The van der Waals surface area contributed by atoms with Gasteiger partial charge in [0.15, 0.2) is 6.04 Å². The number of benzene rings is 1. The summed E-state index contributed by atoms with van der Waals surface area (Å²) in [4.78, 5) is 36.4. The van der Waals surface area contributed by atoms with Crippen molar-refractivity contribution in [1.29, 1.82) is 0 Å². The van der Waals surface area contributed by atoms with E-state index in [0.29, 0.717) is 25.9 Å². The molecule has 2 rings (SSSR count). The van der Waals surface area contributed by atoms with Crippen LogP contribution in [0.2, 0.25) is 0 Å². The predicted octanol–water partition coefficient (Wildman–Crippen LogP) is 0.191. The summed E-state index contributed by atoms with van der Waals surface area (Å²) in [6.45, 7) is 3.20. The molecule has 24 heavy (non-hydrogen) atoms. The minimum absolute atomic E-state index is 0.0203. The summed E-state index contributed by atoms with van der Waals surface area (Å²) in [7, 11) is 1.22. The molecule has 1 fully saturated rings. The van der Waals surface area contributed by atoms with E-state index in [0.717, 1.165) is 10.6 Å². The number of carbonyl (C=O) groups is 3. The molecule has 0 unspecified atom stereocenters. The number of imide groups is 1. The van der Waals surface area contributed by atoms with E-state index in [2.05, 4.69) is 15.4 Å².